The van der Waals surface area contributed by atoms with Gasteiger partial charge in [0.1, 0.15) is 0 Å². The summed E-state index contributed by atoms with van der Waals surface area (Å²) < 4.78 is 4.63. The molecule has 1 aliphatic rings. The Kier molecular flexibility index (Phi) is 3.86. The monoisotopic (exact) mass is 275 g/mol. The molecule has 0 amide bonds. The number of esters is 1. The van der Waals surface area contributed by atoms with E-state index < -0.39 is 5.97 Å². The van der Waals surface area contributed by atoms with Gasteiger partial charge in [-0.3, -0.25) is 0 Å². The minimum absolute atomic E-state index is 0.204. The Morgan fingerprint density at radius 2 is 2.47 bits per heavy atom. The van der Waals surface area contributed by atoms with Crippen molar-refractivity contribution in [2.75, 3.05) is 32.6 Å². The summed E-state index contributed by atoms with van der Waals surface area (Å²) in [4.78, 5) is 18.1. The lowest BCUT2D eigenvalue weighted by Gasteiger charge is -2.10. The van der Waals surface area contributed by atoms with Crippen molar-refractivity contribution in [2.45, 2.75) is 12.5 Å². The molecular weight excluding hydrogens is 262 g/mol. The number of hydrogen-bond acceptors (Lipinski definition) is 6. The standard InChI is InChI=1S/C10H14ClN3O2S/c1-14-4-3-6(5-14)12-10-13-8(11)7(17-10)9(15)16-2/h6H,3-5H2,1-2H3,(H,12,13). The van der Waals surface area contributed by atoms with E-state index in [1.807, 2.05) is 0 Å². The Labute approximate surface area is 109 Å². The summed E-state index contributed by atoms with van der Waals surface area (Å²) in [6, 6.07) is 0.368. The zero-order valence-electron chi connectivity index (χ0n) is 9.70. The summed E-state index contributed by atoms with van der Waals surface area (Å²) in [5.74, 6) is -0.441. The van der Waals surface area contributed by atoms with Crippen LogP contribution in [-0.4, -0.2) is 49.1 Å². The average Bonchev–Trinajstić information content (AvgIpc) is 2.85. The molecule has 1 N–H and O–H groups in total. The zero-order chi connectivity index (χ0) is 12.4. The first-order chi connectivity index (χ1) is 8.10. The smallest absolute Gasteiger partial charge is 0.351 e. The van der Waals surface area contributed by atoms with E-state index in [1.165, 1.54) is 18.4 Å². The molecular formula is C10H14ClN3O2S. The van der Waals surface area contributed by atoms with Crippen molar-refractivity contribution < 1.29 is 9.53 Å². The highest BCUT2D eigenvalue weighted by Gasteiger charge is 2.22. The number of nitrogens with zero attached hydrogens (tertiary/aromatic N) is 2. The molecule has 1 aliphatic heterocycles. The average molecular weight is 276 g/mol. The van der Waals surface area contributed by atoms with Crippen LogP contribution in [0, 0.1) is 0 Å². The number of anilines is 1. The summed E-state index contributed by atoms with van der Waals surface area (Å²) in [6.45, 7) is 2.05. The van der Waals surface area contributed by atoms with E-state index in [1.54, 1.807) is 0 Å². The van der Waals surface area contributed by atoms with Crippen molar-refractivity contribution in [1.29, 1.82) is 0 Å². The lowest BCUT2D eigenvalue weighted by Crippen LogP contribution is -2.23. The maximum atomic E-state index is 11.4. The molecule has 0 saturated carbocycles. The SMILES string of the molecule is COC(=O)c1sc(NC2CCN(C)C2)nc1Cl. The fourth-order valence-corrected chi connectivity index (χ4v) is 2.99. The van der Waals surface area contributed by atoms with Crippen LogP contribution in [0.15, 0.2) is 0 Å². The van der Waals surface area contributed by atoms with E-state index in [0.717, 1.165) is 19.5 Å². The largest absolute Gasteiger partial charge is 0.465 e. The molecule has 7 heteroatoms. The molecule has 2 rings (SSSR count). The van der Waals surface area contributed by atoms with E-state index in [-0.39, 0.29) is 5.15 Å². The molecule has 1 atom stereocenters. The third-order valence-corrected chi connectivity index (χ3v) is 4.03. The molecule has 1 aromatic rings. The first kappa shape index (κ1) is 12.6. The lowest BCUT2D eigenvalue weighted by molar-refractivity contribution is 0.0606. The van der Waals surface area contributed by atoms with Crippen molar-refractivity contribution >= 4 is 34.0 Å². The maximum Gasteiger partial charge on any atom is 0.351 e. The minimum atomic E-state index is -0.441. The number of aromatic nitrogens is 1. The zero-order valence-corrected chi connectivity index (χ0v) is 11.3. The van der Waals surface area contributed by atoms with E-state index in [2.05, 4.69) is 27.0 Å². The van der Waals surface area contributed by atoms with E-state index >= 15 is 0 Å². The molecule has 94 valence electrons. The second-order valence-corrected chi connectivity index (χ2v) is 5.38. The number of likely N-dealkylation sites (tertiary alicyclic amines) is 1. The molecule has 1 saturated heterocycles. The van der Waals surface area contributed by atoms with Gasteiger partial charge in [0.25, 0.3) is 0 Å². The topological polar surface area (TPSA) is 54.5 Å². The minimum Gasteiger partial charge on any atom is -0.465 e. The van der Waals surface area contributed by atoms with Gasteiger partial charge >= 0.3 is 5.97 Å². The number of nitrogens with one attached hydrogen (secondary N) is 1. The highest BCUT2D eigenvalue weighted by Crippen LogP contribution is 2.28. The molecule has 5 nitrogen and oxygen atoms in total. The first-order valence-corrected chi connectivity index (χ1v) is 6.49. The van der Waals surface area contributed by atoms with Gasteiger partial charge in [0.05, 0.1) is 7.11 Å². The van der Waals surface area contributed by atoms with Gasteiger partial charge < -0.3 is 15.0 Å². The second kappa shape index (κ2) is 5.20. The van der Waals surface area contributed by atoms with Crippen molar-refractivity contribution in [3.63, 3.8) is 0 Å². The fraction of sp³-hybridized carbons (Fsp3) is 0.600. The summed E-state index contributed by atoms with van der Waals surface area (Å²) in [7, 11) is 3.41. The van der Waals surface area contributed by atoms with Crippen LogP contribution in [0.4, 0.5) is 5.13 Å². The summed E-state index contributed by atoms with van der Waals surface area (Å²) >= 11 is 7.11. The molecule has 0 aromatic carbocycles. The van der Waals surface area contributed by atoms with Gasteiger partial charge in [-0.25, -0.2) is 9.78 Å². The van der Waals surface area contributed by atoms with Crippen LogP contribution in [0.5, 0.6) is 0 Å². The molecule has 1 unspecified atom stereocenters. The van der Waals surface area contributed by atoms with Gasteiger partial charge in [0, 0.05) is 12.6 Å². The predicted octanol–water partition coefficient (Wildman–Crippen LogP) is 1.70. The summed E-state index contributed by atoms with van der Waals surface area (Å²) in [5, 5.41) is 4.17. The highest BCUT2D eigenvalue weighted by atomic mass is 35.5. The Morgan fingerprint density at radius 1 is 1.71 bits per heavy atom. The molecule has 1 fully saturated rings. The quantitative estimate of drug-likeness (QED) is 0.851. The Morgan fingerprint density at radius 3 is 3.06 bits per heavy atom. The maximum absolute atomic E-state index is 11.4. The number of carbonyl (C=O) groups excluding carboxylic acids is 1. The molecule has 0 spiro atoms. The van der Waals surface area contributed by atoms with E-state index in [4.69, 9.17) is 11.6 Å². The van der Waals surface area contributed by atoms with Crippen LogP contribution < -0.4 is 5.32 Å². The third kappa shape index (κ3) is 2.88. The summed E-state index contributed by atoms with van der Waals surface area (Å²) in [6.07, 6.45) is 1.07. The lowest BCUT2D eigenvalue weighted by atomic mass is 10.3. The van der Waals surface area contributed by atoms with Crippen LogP contribution >= 0.6 is 22.9 Å². The molecule has 0 bridgehead atoms. The number of halogens is 1. The molecule has 2 heterocycles. The Balaban J connectivity index is 2.05. The van der Waals surface area contributed by atoms with Gasteiger partial charge in [-0.1, -0.05) is 22.9 Å². The Hall–Kier alpha value is -0.850. The van der Waals surface area contributed by atoms with Gasteiger partial charge in [0.2, 0.25) is 0 Å². The van der Waals surface area contributed by atoms with Crippen LogP contribution in [0.2, 0.25) is 5.15 Å². The number of thiazole rings is 1. The van der Waals surface area contributed by atoms with Crippen molar-refractivity contribution in [1.82, 2.24) is 9.88 Å². The molecule has 0 radical (unpaired) electrons. The van der Waals surface area contributed by atoms with Crippen molar-refractivity contribution in [3.05, 3.63) is 10.0 Å². The molecule has 17 heavy (non-hydrogen) atoms. The number of likely N-dealkylation sites (N-methyl/N-ethyl adjacent to an activating group) is 1. The van der Waals surface area contributed by atoms with Crippen LogP contribution in [0.1, 0.15) is 16.1 Å². The van der Waals surface area contributed by atoms with Gasteiger partial charge in [-0.2, -0.15) is 0 Å². The normalized spacial score (nSPS) is 20.5. The highest BCUT2D eigenvalue weighted by molar-refractivity contribution is 7.18. The van der Waals surface area contributed by atoms with Gasteiger partial charge in [-0.05, 0) is 20.0 Å². The molecule has 1 aromatic heterocycles. The van der Waals surface area contributed by atoms with Crippen LogP contribution in [-0.2, 0) is 4.74 Å². The number of hydrogen-bond donors (Lipinski definition) is 1. The van der Waals surface area contributed by atoms with E-state index in [9.17, 15) is 4.79 Å². The molecule has 0 aliphatic carbocycles. The summed E-state index contributed by atoms with van der Waals surface area (Å²) in [5.41, 5.74) is 0. The van der Waals surface area contributed by atoms with Crippen molar-refractivity contribution in [2.24, 2.45) is 0 Å². The Bertz CT molecular complexity index is 424. The fourth-order valence-electron chi connectivity index (χ4n) is 1.81. The number of carbonyl (C=O) groups is 1. The van der Waals surface area contributed by atoms with Gasteiger partial charge in [0.15, 0.2) is 15.2 Å². The first-order valence-electron chi connectivity index (χ1n) is 5.30. The van der Waals surface area contributed by atoms with Crippen LogP contribution in [0.25, 0.3) is 0 Å². The number of rotatable bonds is 3. The van der Waals surface area contributed by atoms with Gasteiger partial charge in [-0.15, -0.1) is 0 Å². The predicted molar refractivity (Wildman–Crippen MR) is 68.0 cm³/mol. The van der Waals surface area contributed by atoms with Crippen LogP contribution in [0.3, 0.4) is 0 Å². The van der Waals surface area contributed by atoms with Crippen molar-refractivity contribution in [3.8, 4) is 0 Å². The number of ether oxygens (including phenoxy) is 1. The second-order valence-electron chi connectivity index (χ2n) is 4.02. The number of methoxy groups -OCH3 is 1. The third-order valence-electron chi connectivity index (χ3n) is 2.68. The van der Waals surface area contributed by atoms with E-state index in [0.29, 0.717) is 16.1 Å².